The molecule has 0 aliphatic carbocycles. The van der Waals surface area contributed by atoms with E-state index in [9.17, 15) is 13.9 Å². The predicted molar refractivity (Wildman–Crippen MR) is 96.1 cm³/mol. The lowest BCUT2D eigenvalue weighted by molar-refractivity contribution is 0.440. The van der Waals surface area contributed by atoms with Crippen molar-refractivity contribution < 1.29 is 13.9 Å². The summed E-state index contributed by atoms with van der Waals surface area (Å²) in [4.78, 5) is 1.97. The minimum absolute atomic E-state index is 0.0325. The van der Waals surface area contributed by atoms with Crippen LogP contribution in [0, 0.1) is 11.6 Å². The van der Waals surface area contributed by atoms with Crippen molar-refractivity contribution in [1.82, 2.24) is 5.32 Å². The summed E-state index contributed by atoms with van der Waals surface area (Å²) in [5.41, 5.74) is 1.76. The van der Waals surface area contributed by atoms with Gasteiger partial charge in [0.2, 0.25) is 0 Å². The molecule has 2 aromatic carbocycles. The van der Waals surface area contributed by atoms with E-state index in [-0.39, 0.29) is 23.0 Å². The third-order valence-electron chi connectivity index (χ3n) is 4.96. The summed E-state index contributed by atoms with van der Waals surface area (Å²) in [6.45, 7) is 5.42. The van der Waals surface area contributed by atoms with Gasteiger partial charge in [-0.15, -0.1) is 0 Å². The average molecular weight is 346 g/mol. The van der Waals surface area contributed by atoms with Gasteiger partial charge in [-0.3, -0.25) is 0 Å². The Morgan fingerprint density at radius 3 is 2.72 bits per heavy atom. The van der Waals surface area contributed by atoms with Crippen LogP contribution in [0.15, 0.2) is 36.4 Å². The van der Waals surface area contributed by atoms with Crippen molar-refractivity contribution in [2.45, 2.75) is 31.7 Å². The number of rotatable bonds is 5. The lowest BCUT2D eigenvalue weighted by Crippen LogP contribution is -2.34. The number of aromatic hydroxyl groups is 1. The topological polar surface area (TPSA) is 35.5 Å². The summed E-state index contributed by atoms with van der Waals surface area (Å²) in [7, 11) is 1.84. The molecule has 0 spiro atoms. The van der Waals surface area contributed by atoms with Crippen LogP contribution in [0.2, 0.25) is 0 Å². The molecule has 0 fully saturated rings. The highest BCUT2D eigenvalue weighted by Crippen LogP contribution is 2.47. The van der Waals surface area contributed by atoms with Crippen LogP contribution in [0.4, 0.5) is 14.5 Å². The molecule has 0 saturated heterocycles. The van der Waals surface area contributed by atoms with Gasteiger partial charge in [-0.05, 0) is 49.8 Å². The molecule has 1 aliphatic rings. The van der Waals surface area contributed by atoms with Crippen molar-refractivity contribution in [3.8, 4) is 5.75 Å². The van der Waals surface area contributed by atoms with Crippen molar-refractivity contribution >= 4 is 5.69 Å². The number of phenols is 1. The second-order valence-electron chi connectivity index (χ2n) is 7.26. The fraction of sp³-hybridized carbons (Fsp3) is 0.400. The van der Waals surface area contributed by atoms with Crippen molar-refractivity contribution in [3.05, 3.63) is 59.2 Å². The molecule has 1 aliphatic heterocycles. The first-order valence-corrected chi connectivity index (χ1v) is 8.54. The van der Waals surface area contributed by atoms with Crippen molar-refractivity contribution in [3.63, 3.8) is 0 Å². The van der Waals surface area contributed by atoms with Gasteiger partial charge in [0.15, 0.2) is 0 Å². The van der Waals surface area contributed by atoms with Gasteiger partial charge >= 0.3 is 0 Å². The fourth-order valence-corrected chi connectivity index (χ4v) is 3.76. The van der Waals surface area contributed by atoms with Crippen LogP contribution in [0.3, 0.4) is 0 Å². The van der Waals surface area contributed by atoms with Crippen LogP contribution in [-0.2, 0) is 5.41 Å². The standard InChI is InChI=1S/C20H24F2N2O/c1-20(2)12-24(19-15(20)5-4-6-16(19)22)17(9-10-23-3)14-11-13(21)7-8-18(14)25/h4-8,11,17,23,25H,9-10,12H2,1-3H3/t17-/m1/s1. The summed E-state index contributed by atoms with van der Waals surface area (Å²) in [5.74, 6) is -0.659. The van der Waals surface area contributed by atoms with Crippen LogP contribution >= 0.6 is 0 Å². The maximum Gasteiger partial charge on any atom is 0.146 e. The smallest absolute Gasteiger partial charge is 0.146 e. The largest absolute Gasteiger partial charge is 0.508 e. The predicted octanol–water partition coefficient (Wildman–Crippen LogP) is 4.12. The first kappa shape index (κ1) is 17.7. The molecule has 5 heteroatoms. The van der Waals surface area contributed by atoms with Crippen LogP contribution in [-0.4, -0.2) is 25.2 Å². The maximum atomic E-state index is 14.7. The first-order valence-electron chi connectivity index (χ1n) is 8.54. The van der Waals surface area contributed by atoms with E-state index in [4.69, 9.17) is 0 Å². The number of anilines is 1. The number of halogens is 2. The Kier molecular flexibility index (Phi) is 4.69. The molecule has 3 nitrogen and oxygen atoms in total. The van der Waals surface area contributed by atoms with Crippen molar-refractivity contribution in [2.75, 3.05) is 25.0 Å². The minimum atomic E-state index is -0.408. The Morgan fingerprint density at radius 1 is 1.24 bits per heavy atom. The lowest BCUT2D eigenvalue weighted by Gasteiger charge is -2.32. The molecule has 1 atom stereocenters. The summed E-state index contributed by atoms with van der Waals surface area (Å²) in [6.07, 6.45) is 0.622. The van der Waals surface area contributed by atoms with Gasteiger partial charge in [0, 0.05) is 17.5 Å². The summed E-state index contributed by atoms with van der Waals surface area (Å²) in [6, 6.07) is 8.74. The quantitative estimate of drug-likeness (QED) is 0.855. The number of phenolic OH excluding ortho intramolecular Hbond substituents is 1. The van der Waals surface area contributed by atoms with E-state index in [1.807, 2.05) is 18.0 Å². The second kappa shape index (κ2) is 6.64. The number of nitrogens with zero attached hydrogens (tertiary/aromatic N) is 1. The molecular formula is C20H24F2N2O. The molecule has 3 rings (SSSR count). The normalized spacial score (nSPS) is 16.8. The Morgan fingerprint density at radius 2 is 2.00 bits per heavy atom. The second-order valence-corrected chi connectivity index (χ2v) is 7.26. The van der Waals surface area contributed by atoms with Crippen LogP contribution in [0.1, 0.15) is 37.4 Å². The van der Waals surface area contributed by atoms with E-state index in [0.29, 0.717) is 30.8 Å². The van der Waals surface area contributed by atoms with Gasteiger partial charge in [0.1, 0.15) is 17.4 Å². The number of hydrogen-bond acceptors (Lipinski definition) is 3. The molecule has 25 heavy (non-hydrogen) atoms. The monoisotopic (exact) mass is 346 g/mol. The molecule has 134 valence electrons. The van der Waals surface area contributed by atoms with E-state index >= 15 is 0 Å². The molecule has 0 aromatic heterocycles. The Hall–Kier alpha value is -2.14. The van der Waals surface area contributed by atoms with Gasteiger partial charge in [0.05, 0.1) is 11.7 Å². The summed E-state index contributed by atoms with van der Waals surface area (Å²) >= 11 is 0. The highest BCUT2D eigenvalue weighted by atomic mass is 19.1. The van der Waals surface area contributed by atoms with Gasteiger partial charge in [-0.1, -0.05) is 26.0 Å². The minimum Gasteiger partial charge on any atom is -0.508 e. The van der Waals surface area contributed by atoms with E-state index in [1.165, 1.54) is 24.3 Å². The Balaban J connectivity index is 2.11. The zero-order chi connectivity index (χ0) is 18.2. The SMILES string of the molecule is CNCC[C@H](c1cc(F)ccc1O)N1CC(C)(C)c2cccc(F)c21. The third kappa shape index (κ3) is 3.21. The summed E-state index contributed by atoms with van der Waals surface area (Å²) < 4.78 is 28.5. The molecule has 0 unspecified atom stereocenters. The molecule has 0 amide bonds. The van der Waals surface area contributed by atoms with E-state index in [1.54, 1.807) is 6.07 Å². The number of para-hydroxylation sites is 1. The molecule has 0 bridgehead atoms. The summed E-state index contributed by atoms with van der Waals surface area (Å²) in [5, 5.41) is 13.4. The number of fused-ring (bicyclic) bond motifs is 1. The number of benzene rings is 2. The molecular weight excluding hydrogens is 322 g/mol. The number of hydrogen-bond donors (Lipinski definition) is 2. The zero-order valence-electron chi connectivity index (χ0n) is 14.8. The zero-order valence-corrected chi connectivity index (χ0v) is 14.8. The highest BCUT2D eigenvalue weighted by molar-refractivity contribution is 5.65. The van der Waals surface area contributed by atoms with E-state index in [2.05, 4.69) is 19.2 Å². The molecule has 2 N–H and O–H groups in total. The molecule has 0 radical (unpaired) electrons. The van der Waals surface area contributed by atoms with E-state index < -0.39 is 5.82 Å². The molecule has 0 saturated carbocycles. The molecule has 1 heterocycles. The van der Waals surface area contributed by atoms with Crippen LogP contribution in [0.25, 0.3) is 0 Å². The third-order valence-corrected chi connectivity index (χ3v) is 4.96. The maximum absolute atomic E-state index is 14.7. The van der Waals surface area contributed by atoms with Crippen molar-refractivity contribution in [2.24, 2.45) is 0 Å². The Bertz CT molecular complexity index is 776. The van der Waals surface area contributed by atoms with E-state index in [0.717, 1.165) is 5.56 Å². The van der Waals surface area contributed by atoms with Gasteiger partial charge in [-0.25, -0.2) is 8.78 Å². The fourth-order valence-electron chi connectivity index (χ4n) is 3.76. The van der Waals surface area contributed by atoms with Crippen molar-refractivity contribution in [1.29, 1.82) is 0 Å². The first-order chi connectivity index (χ1) is 11.8. The van der Waals surface area contributed by atoms with Crippen LogP contribution < -0.4 is 10.2 Å². The van der Waals surface area contributed by atoms with Gasteiger partial charge in [-0.2, -0.15) is 0 Å². The molecule has 2 aromatic rings. The van der Waals surface area contributed by atoms with Gasteiger partial charge < -0.3 is 15.3 Å². The van der Waals surface area contributed by atoms with Gasteiger partial charge in [0.25, 0.3) is 0 Å². The van der Waals surface area contributed by atoms with Crippen LogP contribution in [0.5, 0.6) is 5.75 Å². The number of nitrogens with one attached hydrogen (secondary N) is 1. The highest BCUT2D eigenvalue weighted by Gasteiger charge is 2.40. The Labute approximate surface area is 147 Å². The average Bonchev–Trinajstić information content (AvgIpc) is 2.84. The lowest BCUT2D eigenvalue weighted by atomic mass is 9.87.